The molecule has 152 valence electrons. The molecule has 0 aliphatic rings. The van der Waals surface area contributed by atoms with Crippen molar-refractivity contribution in [3.05, 3.63) is 119 Å². The van der Waals surface area contributed by atoms with E-state index in [2.05, 4.69) is 125 Å². The topological polar surface area (TPSA) is 0 Å². The molecule has 2 heteroatoms. The van der Waals surface area contributed by atoms with Gasteiger partial charge in [0.05, 0.1) is 0 Å². The van der Waals surface area contributed by atoms with Crippen molar-refractivity contribution in [2.45, 2.75) is 27.7 Å². The van der Waals surface area contributed by atoms with Gasteiger partial charge in [-0.05, 0) is 74.2 Å². The zero-order valence-electron chi connectivity index (χ0n) is 18.1. The monoisotopic (exact) mass is 474 g/mol. The second-order valence-electron chi connectivity index (χ2n) is 7.82. The van der Waals surface area contributed by atoms with Gasteiger partial charge in [0.15, 0.2) is 0 Å². The van der Waals surface area contributed by atoms with Crippen LogP contribution in [0, 0.1) is 27.7 Å². The van der Waals surface area contributed by atoms with Crippen LogP contribution in [0.25, 0.3) is 0 Å². The lowest BCUT2D eigenvalue weighted by molar-refractivity contribution is -0.00000587. The molecule has 4 aromatic rings. The molecule has 0 saturated carbocycles. The highest BCUT2D eigenvalue weighted by Crippen LogP contribution is 2.56. The van der Waals surface area contributed by atoms with Crippen molar-refractivity contribution in [3.63, 3.8) is 0 Å². The van der Waals surface area contributed by atoms with Crippen LogP contribution in [-0.4, -0.2) is 0 Å². The van der Waals surface area contributed by atoms with Crippen LogP contribution >= 0.6 is 7.26 Å². The average molecular weight is 475 g/mol. The molecular weight excluding hydrogens is 447 g/mol. The van der Waals surface area contributed by atoms with E-state index in [9.17, 15) is 0 Å². The van der Waals surface area contributed by atoms with E-state index < -0.39 is 7.26 Å². The number of benzene rings is 4. The molecule has 0 heterocycles. The highest BCUT2D eigenvalue weighted by atomic mass is 79.9. The van der Waals surface area contributed by atoms with Crippen LogP contribution in [-0.2, 0) is 0 Å². The van der Waals surface area contributed by atoms with Crippen molar-refractivity contribution in [2.24, 2.45) is 0 Å². The van der Waals surface area contributed by atoms with Gasteiger partial charge in [-0.15, -0.1) is 0 Å². The molecule has 0 radical (unpaired) electrons. The van der Waals surface area contributed by atoms with Crippen molar-refractivity contribution in [2.75, 3.05) is 0 Å². The SMILES string of the molecule is Cc1ccccc1[P+](c1ccccc1C)(c1ccccc1C)c1ccccc1C.[Br-]. The Morgan fingerprint density at radius 3 is 0.767 bits per heavy atom. The van der Waals surface area contributed by atoms with Crippen molar-refractivity contribution in [1.29, 1.82) is 0 Å². The molecule has 4 rings (SSSR count). The van der Waals surface area contributed by atoms with Gasteiger partial charge in [-0.2, -0.15) is 0 Å². The van der Waals surface area contributed by atoms with Crippen molar-refractivity contribution in [1.82, 2.24) is 0 Å². The highest BCUT2D eigenvalue weighted by Gasteiger charge is 2.51. The van der Waals surface area contributed by atoms with E-state index in [1.165, 1.54) is 43.5 Å². The summed E-state index contributed by atoms with van der Waals surface area (Å²) in [5.74, 6) is 0. The van der Waals surface area contributed by atoms with E-state index in [1.54, 1.807) is 0 Å². The molecule has 30 heavy (non-hydrogen) atoms. The summed E-state index contributed by atoms with van der Waals surface area (Å²) in [6, 6.07) is 35.9. The predicted octanol–water partition coefficient (Wildman–Crippen LogP) is 2.54. The minimum Gasteiger partial charge on any atom is -1.00 e. The number of aryl methyl sites for hydroxylation is 4. The van der Waals surface area contributed by atoms with Gasteiger partial charge in [0.25, 0.3) is 0 Å². The van der Waals surface area contributed by atoms with Gasteiger partial charge in [0.1, 0.15) is 28.5 Å². The summed E-state index contributed by atoms with van der Waals surface area (Å²) < 4.78 is 0. The van der Waals surface area contributed by atoms with Crippen molar-refractivity contribution >= 4 is 28.5 Å². The fourth-order valence-corrected chi connectivity index (χ4v) is 9.75. The van der Waals surface area contributed by atoms with Crippen LogP contribution in [0.2, 0.25) is 0 Å². The van der Waals surface area contributed by atoms with Crippen LogP contribution in [0.15, 0.2) is 97.1 Å². The molecule has 0 fully saturated rings. The molecule has 4 aromatic carbocycles. The lowest BCUT2D eigenvalue weighted by atomic mass is 10.2. The Bertz CT molecular complexity index is 975. The minimum absolute atomic E-state index is 0. The van der Waals surface area contributed by atoms with Gasteiger partial charge >= 0.3 is 0 Å². The van der Waals surface area contributed by atoms with E-state index >= 15 is 0 Å². The lowest BCUT2D eigenvalue weighted by Crippen LogP contribution is -3.00. The summed E-state index contributed by atoms with van der Waals surface area (Å²) >= 11 is 0. The Hall–Kier alpha value is -2.21. The summed E-state index contributed by atoms with van der Waals surface area (Å²) in [5.41, 5.74) is 5.43. The lowest BCUT2D eigenvalue weighted by Gasteiger charge is -2.31. The molecule has 0 unspecified atom stereocenters. The number of rotatable bonds is 4. The van der Waals surface area contributed by atoms with Gasteiger partial charge in [0, 0.05) is 0 Å². The van der Waals surface area contributed by atoms with Crippen LogP contribution in [0.4, 0.5) is 0 Å². The average Bonchev–Trinajstić information content (AvgIpc) is 2.73. The Kier molecular flexibility index (Phi) is 6.96. The first kappa shape index (κ1) is 22.5. The molecule has 0 atom stereocenters. The second kappa shape index (κ2) is 9.29. The molecule has 0 N–H and O–H groups in total. The van der Waals surface area contributed by atoms with E-state index in [0.717, 1.165) is 0 Å². The largest absolute Gasteiger partial charge is 1.00 e. The van der Waals surface area contributed by atoms with Crippen LogP contribution in [0.5, 0.6) is 0 Å². The molecular formula is C28H28BrP. The third kappa shape index (κ3) is 3.66. The highest BCUT2D eigenvalue weighted by molar-refractivity contribution is 8.01. The zero-order chi connectivity index (χ0) is 20.4. The van der Waals surface area contributed by atoms with E-state index in [0.29, 0.717) is 0 Å². The number of hydrogen-bond acceptors (Lipinski definition) is 0. The Morgan fingerprint density at radius 1 is 0.367 bits per heavy atom. The summed E-state index contributed by atoms with van der Waals surface area (Å²) in [5, 5.41) is 5.83. The Morgan fingerprint density at radius 2 is 0.567 bits per heavy atom. The first-order chi connectivity index (χ1) is 14.1. The Labute approximate surface area is 192 Å². The van der Waals surface area contributed by atoms with Crippen molar-refractivity contribution in [3.8, 4) is 0 Å². The maximum Gasteiger partial charge on any atom is 0.145 e. The van der Waals surface area contributed by atoms with Gasteiger partial charge in [-0.25, -0.2) is 0 Å². The van der Waals surface area contributed by atoms with Crippen LogP contribution in [0.3, 0.4) is 0 Å². The molecule has 0 aliphatic heterocycles. The number of hydrogen-bond donors (Lipinski definition) is 0. The fraction of sp³-hybridized carbons (Fsp3) is 0.143. The standard InChI is InChI=1S/C28H28P.BrH/c1-21-13-5-9-17-25(21)29(26-18-10-6-14-22(26)2,27-19-11-7-15-23(27)3)28-20-12-8-16-24(28)4;/h5-20H,1-4H3;1H/q+1;/p-1. The molecule has 0 nitrogen and oxygen atoms in total. The minimum atomic E-state index is -2.06. The van der Waals surface area contributed by atoms with E-state index in [-0.39, 0.29) is 17.0 Å². The van der Waals surface area contributed by atoms with Gasteiger partial charge in [-0.1, -0.05) is 72.8 Å². The van der Waals surface area contributed by atoms with E-state index in [4.69, 9.17) is 0 Å². The van der Waals surface area contributed by atoms with Crippen molar-refractivity contribution < 1.29 is 17.0 Å². The van der Waals surface area contributed by atoms with E-state index in [1.807, 2.05) is 0 Å². The molecule has 0 spiro atoms. The fourth-order valence-electron chi connectivity index (χ4n) is 4.54. The van der Waals surface area contributed by atoms with Gasteiger partial charge < -0.3 is 17.0 Å². The third-order valence-electron chi connectivity index (χ3n) is 5.91. The summed E-state index contributed by atoms with van der Waals surface area (Å²) in [6.45, 7) is 9.05. The number of halogens is 1. The maximum atomic E-state index is 2.36. The predicted molar refractivity (Wildman–Crippen MR) is 130 cm³/mol. The normalized spacial score (nSPS) is 11.1. The molecule has 0 aliphatic carbocycles. The van der Waals surface area contributed by atoms with Gasteiger partial charge in [0.2, 0.25) is 0 Å². The summed E-state index contributed by atoms with van der Waals surface area (Å²) in [4.78, 5) is 0. The first-order valence-electron chi connectivity index (χ1n) is 10.2. The molecule has 0 aromatic heterocycles. The quantitative estimate of drug-likeness (QED) is 0.398. The Balaban J connectivity index is 0.00000256. The molecule has 0 saturated heterocycles. The van der Waals surface area contributed by atoms with Gasteiger partial charge in [-0.3, -0.25) is 0 Å². The third-order valence-corrected chi connectivity index (χ3v) is 10.8. The van der Waals surface area contributed by atoms with Crippen LogP contribution < -0.4 is 38.2 Å². The first-order valence-corrected chi connectivity index (χ1v) is 12.0. The summed E-state index contributed by atoms with van der Waals surface area (Å²) in [6.07, 6.45) is 0. The zero-order valence-corrected chi connectivity index (χ0v) is 20.5. The molecule has 0 bridgehead atoms. The molecule has 0 amide bonds. The maximum absolute atomic E-state index is 2.36. The summed E-state index contributed by atoms with van der Waals surface area (Å²) in [7, 11) is -2.06. The second-order valence-corrected chi connectivity index (χ2v) is 11.1. The smallest absolute Gasteiger partial charge is 0.145 e. The van der Waals surface area contributed by atoms with Crippen LogP contribution in [0.1, 0.15) is 22.3 Å².